The zero-order valence-corrected chi connectivity index (χ0v) is 9.52. The Morgan fingerprint density at radius 2 is 1.77 bits per heavy atom. The molecule has 0 heterocycles. The van der Waals surface area contributed by atoms with Crippen molar-refractivity contribution in [3.05, 3.63) is 0 Å². The van der Waals surface area contributed by atoms with E-state index in [0.29, 0.717) is 11.3 Å². The SMILES string of the molecule is CC(C#N)CNCC(C)C(C)(C)C. The Labute approximate surface area is 82.3 Å². The molecule has 2 unspecified atom stereocenters. The van der Waals surface area contributed by atoms with E-state index < -0.39 is 0 Å². The van der Waals surface area contributed by atoms with Gasteiger partial charge in [-0.15, -0.1) is 0 Å². The molecular weight excluding hydrogens is 160 g/mol. The molecule has 0 aliphatic carbocycles. The van der Waals surface area contributed by atoms with Crippen molar-refractivity contribution < 1.29 is 0 Å². The Bertz CT molecular complexity index is 174. The zero-order valence-electron chi connectivity index (χ0n) is 9.52. The molecular formula is C11H22N2. The molecule has 2 nitrogen and oxygen atoms in total. The zero-order chi connectivity index (χ0) is 10.5. The van der Waals surface area contributed by atoms with Gasteiger partial charge in [-0.1, -0.05) is 27.7 Å². The molecule has 2 atom stereocenters. The summed E-state index contributed by atoms with van der Waals surface area (Å²) in [4.78, 5) is 0. The quantitative estimate of drug-likeness (QED) is 0.724. The summed E-state index contributed by atoms with van der Waals surface area (Å²) in [6.45, 7) is 12.7. The van der Waals surface area contributed by atoms with Crippen molar-refractivity contribution in [1.29, 1.82) is 5.26 Å². The second-order valence-electron chi connectivity index (χ2n) is 4.96. The normalized spacial score (nSPS) is 16.3. The van der Waals surface area contributed by atoms with Crippen molar-refractivity contribution in [3.8, 4) is 6.07 Å². The minimum atomic E-state index is 0.118. The number of nitrogens with one attached hydrogen (secondary N) is 1. The van der Waals surface area contributed by atoms with Crippen molar-refractivity contribution in [2.24, 2.45) is 17.3 Å². The molecule has 0 saturated carbocycles. The molecule has 0 aliphatic rings. The molecule has 0 aromatic heterocycles. The number of hydrogen-bond acceptors (Lipinski definition) is 2. The van der Waals surface area contributed by atoms with Gasteiger partial charge in [0.1, 0.15) is 0 Å². The third-order valence-electron chi connectivity index (χ3n) is 2.60. The maximum atomic E-state index is 8.57. The maximum Gasteiger partial charge on any atom is 0.0666 e. The van der Waals surface area contributed by atoms with Gasteiger partial charge >= 0.3 is 0 Å². The van der Waals surface area contributed by atoms with E-state index in [1.165, 1.54) is 0 Å². The first-order chi connectivity index (χ1) is 5.88. The summed E-state index contributed by atoms with van der Waals surface area (Å²) in [6, 6.07) is 2.21. The van der Waals surface area contributed by atoms with Gasteiger partial charge in [0.05, 0.1) is 12.0 Å². The molecule has 0 amide bonds. The lowest BCUT2D eigenvalue weighted by Crippen LogP contribution is -2.31. The molecule has 13 heavy (non-hydrogen) atoms. The third kappa shape index (κ3) is 5.65. The Hall–Kier alpha value is -0.550. The first-order valence-electron chi connectivity index (χ1n) is 4.98. The standard InChI is InChI=1S/C11H22N2/c1-9(6-12)7-13-8-10(2)11(3,4)5/h9-10,13H,7-8H2,1-5H3. The number of hydrogen-bond donors (Lipinski definition) is 1. The molecule has 1 N–H and O–H groups in total. The molecule has 0 aromatic carbocycles. The van der Waals surface area contributed by atoms with Crippen molar-refractivity contribution in [3.63, 3.8) is 0 Å². The molecule has 0 bridgehead atoms. The first-order valence-corrected chi connectivity index (χ1v) is 4.98. The summed E-state index contributed by atoms with van der Waals surface area (Å²) in [5, 5.41) is 11.9. The lowest BCUT2D eigenvalue weighted by Gasteiger charge is -2.27. The second kappa shape index (κ2) is 5.24. The van der Waals surface area contributed by atoms with Crippen LogP contribution in [-0.2, 0) is 0 Å². The van der Waals surface area contributed by atoms with E-state index in [1.807, 2.05) is 6.92 Å². The topological polar surface area (TPSA) is 35.8 Å². The highest BCUT2D eigenvalue weighted by molar-refractivity contribution is 4.81. The fraction of sp³-hybridized carbons (Fsp3) is 0.909. The fourth-order valence-corrected chi connectivity index (χ4v) is 0.868. The Kier molecular flexibility index (Phi) is 5.02. The number of rotatable bonds is 4. The van der Waals surface area contributed by atoms with Crippen LogP contribution >= 0.6 is 0 Å². The minimum absolute atomic E-state index is 0.118. The van der Waals surface area contributed by atoms with Crippen LogP contribution in [0.2, 0.25) is 0 Å². The molecule has 76 valence electrons. The van der Waals surface area contributed by atoms with Crippen LogP contribution < -0.4 is 5.32 Å². The highest BCUT2D eigenvalue weighted by Crippen LogP contribution is 2.24. The lowest BCUT2D eigenvalue weighted by molar-refractivity contribution is 0.252. The van der Waals surface area contributed by atoms with Gasteiger partial charge in [-0.2, -0.15) is 5.26 Å². The average molecular weight is 182 g/mol. The van der Waals surface area contributed by atoms with Crippen LogP contribution in [0.5, 0.6) is 0 Å². The van der Waals surface area contributed by atoms with Crippen molar-refractivity contribution in [2.45, 2.75) is 34.6 Å². The van der Waals surface area contributed by atoms with Gasteiger partial charge in [0.15, 0.2) is 0 Å². The van der Waals surface area contributed by atoms with Gasteiger partial charge in [-0.25, -0.2) is 0 Å². The summed E-state index contributed by atoms with van der Waals surface area (Å²) in [5.41, 5.74) is 0.350. The molecule has 0 rings (SSSR count). The van der Waals surface area contributed by atoms with Crippen LogP contribution in [-0.4, -0.2) is 13.1 Å². The van der Waals surface area contributed by atoms with E-state index in [-0.39, 0.29) is 5.92 Å². The summed E-state index contributed by atoms with van der Waals surface area (Å²) in [5.74, 6) is 0.755. The summed E-state index contributed by atoms with van der Waals surface area (Å²) in [7, 11) is 0. The van der Waals surface area contributed by atoms with E-state index in [4.69, 9.17) is 5.26 Å². The highest BCUT2D eigenvalue weighted by atomic mass is 14.9. The molecule has 0 aromatic rings. The molecule has 0 fully saturated rings. The van der Waals surface area contributed by atoms with Crippen LogP contribution in [0.3, 0.4) is 0 Å². The van der Waals surface area contributed by atoms with Gasteiger partial charge in [0, 0.05) is 6.54 Å². The van der Waals surface area contributed by atoms with E-state index in [9.17, 15) is 0 Å². The van der Waals surface area contributed by atoms with Gasteiger partial charge < -0.3 is 5.32 Å². The Morgan fingerprint density at radius 1 is 1.23 bits per heavy atom. The van der Waals surface area contributed by atoms with Gasteiger partial charge in [-0.05, 0) is 24.8 Å². The second-order valence-corrected chi connectivity index (χ2v) is 4.96. The fourth-order valence-electron chi connectivity index (χ4n) is 0.868. The summed E-state index contributed by atoms with van der Waals surface area (Å²) < 4.78 is 0. The highest BCUT2D eigenvalue weighted by Gasteiger charge is 2.19. The summed E-state index contributed by atoms with van der Waals surface area (Å²) in [6.07, 6.45) is 0. The minimum Gasteiger partial charge on any atom is -0.315 e. The smallest absolute Gasteiger partial charge is 0.0666 e. The lowest BCUT2D eigenvalue weighted by atomic mass is 9.82. The average Bonchev–Trinajstić information content (AvgIpc) is 2.02. The summed E-state index contributed by atoms with van der Waals surface area (Å²) >= 11 is 0. The van der Waals surface area contributed by atoms with Crippen LogP contribution in [0.25, 0.3) is 0 Å². The monoisotopic (exact) mass is 182 g/mol. The Morgan fingerprint density at radius 3 is 2.15 bits per heavy atom. The predicted molar refractivity (Wildman–Crippen MR) is 56.3 cm³/mol. The van der Waals surface area contributed by atoms with Crippen LogP contribution in [0.15, 0.2) is 0 Å². The molecule has 0 radical (unpaired) electrons. The van der Waals surface area contributed by atoms with Crippen LogP contribution in [0.4, 0.5) is 0 Å². The van der Waals surface area contributed by atoms with E-state index in [0.717, 1.165) is 13.1 Å². The number of nitriles is 1. The van der Waals surface area contributed by atoms with Gasteiger partial charge in [0.2, 0.25) is 0 Å². The molecule has 0 saturated heterocycles. The van der Waals surface area contributed by atoms with Crippen molar-refractivity contribution in [1.82, 2.24) is 5.32 Å². The van der Waals surface area contributed by atoms with Crippen LogP contribution in [0.1, 0.15) is 34.6 Å². The Balaban J connectivity index is 3.61. The molecule has 0 aliphatic heterocycles. The largest absolute Gasteiger partial charge is 0.315 e. The molecule has 0 spiro atoms. The third-order valence-corrected chi connectivity index (χ3v) is 2.60. The number of nitrogens with zero attached hydrogens (tertiary/aromatic N) is 1. The van der Waals surface area contributed by atoms with Gasteiger partial charge in [-0.3, -0.25) is 0 Å². The van der Waals surface area contributed by atoms with Crippen LogP contribution in [0, 0.1) is 28.6 Å². The van der Waals surface area contributed by atoms with E-state index >= 15 is 0 Å². The van der Waals surface area contributed by atoms with E-state index in [2.05, 4.69) is 39.1 Å². The maximum absolute atomic E-state index is 8.57. The van der Waals surface area contributed by atoms with E-state index in [1.54, 1.807) is 0 Å². The van der Waals surface area contributed by atoms with Gasteiger partial charge in [0.25, 0.3) is 0 Å². The van der Waals surface area contributed by atoms with Crippen molar-refractivity contribution in [2.75, 3.05) is 13.1 Å². The van der Waals surface area contributed by atoms with Crippen molar-refractivity contribution >= 4 is 0 Å². The first kappa shape index (κ1) is 12.4. The predicted octanol–water partition coefficient (Wildman–Crippen LogP) is 2.42. The molecule has 2 heteroatoms.